The summed E-state index contributed by atoms with van der Waals surface area (Å²) in [5.74, 6) is 0.508. The Morgan fingerprint density at radius 3 is 2.26 bits per heavy atom. The molecule has 0 unspecified atom stereocenters. The van der Waals surface area contributed by atoms with Crippen molar-refractivity contribution in [1.82, 2.24) is 10.9 Å². The van der Waals surface area contributed by atoms with Crippen molar-refractivity contribution in [1.29, 1.82) is 0 Å². The number of carbonyl (C=O) groups is 1. The van der Waals surface area contributed by atoms with Crippen molar-refractivity contribution >= 4 is 33.4 Å². The summed E-state index contributed by atoms with van der Waals surface area (Å²) in [4.78, 5) is 23.1. The fraction of sp³-hybridized carbons (Fsp3) is 0.179. The number of benzene rings is 5. The van der Waals surface area contributed by atoms with E-state index in [1.165, 1.54) is 0 Å². The molecule has 0 saturated carbocycles. The van der Waals surface area contributed by atoms with Gasteiger partial charge in [-0.2, -0.15) is 0 Å². The summed E-state index contributed by atoms with van der Waals surface area (Å²) in [6, 6.07) is 38.0. The van der Waals surface area contributed by atoms with Gasteiger partial charge in [-0.05, 0) is 75.3 Å². The third kappa shape index (κ3) is 6.47. The topological polar surface area (TPSA) is 141 Å². The number of nitrogens with zero attached hydrogens (tertiary/aromatic N) is 4. The smallest absolute Gasteiger partial charge is 0.266 e. The number of nitrogens with one attached hydrogen (secondary N) is 2. The highest BCUT2D eigenvalue weighted by Gasteiger charge is 2.54. The average Bonchev–Trinajstić information content (AvgIpc) is 3.69. The van der Waals surface area contributed by atoms with Gasteiger partial charge >= 0.3 is 0 Å². The van der Waals surface area contributed by atoms with Crippen LogP contribution in [-0.4, -0.2) is 35.7 Å². The van der Waals surface area contributed by atoms with Crippen molar-refractivity contribution in [3.05, 3.63) is 164 Å². The highest BCUT2D eigenvalue weighted by Crippen LogP contribution is 2.45. The zero-order chi connectivity index (χ0) is 34.5. The highest BCUT2D eigenvalue weighted by atomic mass is 79.9. The lowest BCUT2D eigenvalue weighted by atomic mass is 9.81. The second-order valence-corrected chi connectivity index (χ2v) is 13.0. The minimum atomic E-state index is -1.54. The van der Waals surface area contributed by atoms with Crippen LogP contribution >= 0.6 is 15.9 Å². The number of aliphatic hydroxyl groups is 1. The molecule has 11 heteroatoms. The number of hydrazine groups is 1. The summed E-state index contributed by atoms with van der Waals surface area (Å²) in [5, 5.41) is 13.1. The van der Waals surface area contributed by atoms with Gasteiger partial charge in [0.25, 0.3) is 5.91 Å². The van der Waals surface area contributed by atoms with Gasteiger partial charge in [-0.3, -0.25) is 10.2 Å². The molecular formula is C39H33BrN6O4. The first-order valence-electron chi connectivity index (χ1n) is 16.2. The number of halogens is 1. The van der Waals surface area contributed by atoms with Crippen LogP contribution in [0, 0.1) is 0 Å². The monoisotopic (exact) mass is 728 g/mol. The molecule has 250 valence electrons. The minimum absolute atomic E-state index is 0.0434. The quantitative estimate of drug-likeness (QED) is 0.0392. The molecule has 0 aromatic heterocycles. The van der Waals surface area contributed by atoms with Crippen LogP contribution in [0.15, 0.2) is 136 Å². The van der Waals surface area contributed by atoms with E-state index in [2.05, 4.69) is 61.1 Å². The molecule has 5 aromatic rings. The highest BCUT2D eigenvalue weighted by molar-refractivity contribution is 9.10. The van der Waals surface area contributed by atoms with Crippen LogP contribution in [0.5, 0.6) is 5.75 Å². The van der Waals surface area contributed by atoms with Gasteiger partial charge in [0.1, 0.15) is 5.75 Å². The van der Waals surface area contributed by atoms with E-state index in [9.17, 15) is 10.3 Å². The van der Waals surface area contributed by atoms with Gasteiger partial charge < -0.3 is 14.6 Å². The Morgan fingerprint density at radius 1 is 0.920 bits per heavy atom. The number of rotatable bonds is 12. The third-order valence-electron chi connectivity index (χ3n) is 8.97. The number of aliphatic imine (C=N–C) groups is 1. The molecule has 7 rings (SSSR count). The Morgan fingerprint density at radius 2 is 1.58 bits per heavy atom. The van der Waals surface area contributed by atoms with Crippen molar-refractivity contribution in [3.8, 4) is 16.9 Å². The number of amides is 1. The first-order valence-corrected chi connectivity index (χ1v) is 17.0. The number of ether oxygens (including phenoxy) is 2. The summed E-state index contributed by atoms with van der Waals surface area (Å²) in [7, 11) is 0. The van der Waals surface area contributed by atoms with E-state index in [4.69, 9.17) is 19.6 Å². The lowest BCUT2D eigenvalue weighted by molar-refractivity contribution is -0.130. The van der Waals surface area contributed by atoms with Crippen molar-refractivity contribution in [2.24, 2.45) is 10.1 Å². The molecule has 3 N–H and O–H groups in total. The van der Waals surface area contributed by atoms with Gasteiger partial charge in [-0.15, -0.1) is 0 Å². The van der Waals surface area contributed by atoms with Crippen molar-refractivity contribution in [2.75, 3.05) is 13.2 Å². The average molecular weight is 730 g/mol. The Hall–Kier alpha value is -5.45. The van der Waals surface area contributed by atoms with E-state index >= 15 is 0 Å². The normalized spacial score (nSPS) is 17.6. The molecule has 1 heterocycles. The summed E-state index contributed by atoms with van der Waals surface area (Å²) in [6.45, 7) is 0.428. The SMILES string of the molecule is [N-]=[N+]=Nc1ccccc1C[C@]1(C(=O)NNC2c3ccccc3-c3ccccc32)N=C(c2ccc(OCCCO)cc2)O[C@H]1c1ccc(Br)cc1. The van der Waals surface area contributed by atoms with Crippen LogP contribution in [0.3, 0.4) is 0 Å². The maximum atomic E-state index is 14.9. The summed E-state index contributed by atoms with van der Waals surface area (Å²) in [5.41, 5.74) is 21.0. The predicted octanol–water partition coefficient (Wildman–Crippen LogP) is 8.04. The van der Waals surface area contributed by atoms with Crippen LogP contribution < -0.4 is 15.6 Å². The number of carbonyl (C=O) groups excluding carboxylic acids is 1. The van der Waals surface area contributed by atoms with Gasteiger partial charge in [-0.25, -0.2) is 10.4 Å². The molecule has 0 fully saturated rings. The molecule has 5 aromatic carbocycles. The molecule has 0 bridgehead atoms. The molecular weight excluding hydrogens is 696 g/mol. The summed E-state index contributed by atoms with van der Waals surface area (Å²) >= 11 is 3.53. The first kappa shape index (κ1) is 33.1. The second kappa shape index (κ2) is 14.6. The fourth-order valence-corrected chi connectivity index (χ4v) is 6.84. The first-order chi connectivity index (χ1) is 24.5. The third-order valence-corrected chi connectivity index (χ3v) is 9.50. The standard InChI is InChI=1S/C39H33BrN6O4/c40-28-18-14-25(15-19-28)36-39(24-27-8-1-6-13-34(27)43-46-41,42-37(50-36)26-16-20-29(21-17-26)49-23-7-22-47)38(48)45-44-35-32-11-4-2-9-30(32)31-10-3-5-12-33(31)35/h1-6,8-21,35-36,44,47H,7,22-24H2,(H,45,48)/t36-,39-/m0/s1. The molecule has 0 radical (unpaired) electrons. The lowest BCUT2D eigenvalue weighted by Crippen LogP contribution is -2.54. The number of azide groups is 1. The van der Waals surface area contributed by atoms with Gasteiger partial charge in [0.15, 0.2) is 11.6 Å². The van der Waals surface area contributed by atoms with Gasteiger partial charge in [0, 0.05) is 40.1 Å². The maximum absolute atomic E-state index is 14.9. The van der Waals surface area contributed by atoms with Crippen molar-refractivity contribution < 1.29 is 19.4 Å². The fourth-order valence-electron chi connectivity index (χ4n) is 6.57. The molecule has 0 spiro atoms. The number of aliphatic hydroxyl groups excluding tert-OH is 1. The number of hydrogen-bond donors (Lipinski definition) is 3. The molecule has 1 aliphatic heterocycles. The van der Waals surface area contributed by atoms with Crippen LogP contribution in [0.4, 0.5) is 5.69 Å². The zero-order valence-corrected chi connectivity index (χ0v) is 28.5. The van der Waals surface area contributed by atoms with E-state index in [-0.39, 0.29) is 25.0 Å². The minimum Gasteiger partial charge on any atom is -0.494 e. The molecule has 2 aliphatic rings. The largest absolute Gasteiger partial charge is 0.494 e. The lowest BCUT2D eigenvalue weighted by Gasteiger charge is -2.32. The molecule has 2 atom stereocenters. The van der Waals surface area contributed by atoms with Crippen LogP contribution in [-0.2, 0) is 16.0 Å². The molecule has 1 amide bonds. The second-order valence-electron chi connectivity index (χ2n) is 12.0. The Balaban J connectivity index is 1.31. The summed E-state index contributed by atoms with van der Waals surface area (Å²) < 4.78 is 13.3. The van der Waals surface area contributed by atoms with Crippen molar-refractivity contribution in [2.45, 2.75) is 30.5 Å². The van der Waals surface area contributed by atoms with Gasteiger partial charge in [0.2, 0.25) is 5.90 Å². The Bertz CT molecular complexity index is 2050. The molecule has 10 nitrogen and oxygen atoms in total. The van der Waals surface area contributed by atoms with Crippen molar-refractivity contribution in [3.63, 3.8) is 0 Å². The Kier molecular flexibility index (Phi) is 9.64. The zero-order valence-electron chi connectivity index (χ0n) is 26.9. The van der Waals surface area contributed by atoms with E-state index in [1.807, 2.05) is 72.8 Å². The van der Waals surface area contributed by atoms with E-state index in [1.54, 1.807) is 24.3 Å². The van der Waals surface area contributed by atoms with E-state index in [0.717, 1.165) is 32.3 Å². The maximum Gasteiger partial charge on any atom is 0.266 e. The molecule has 1 aliphatic carbocycles. The number of hydrogen-bond acceptors (Lipinski definition) is 7. The summed E-state index contributed by atoms with van der Waals surface area (Å²) in [6.07, 6.45) is -0.261. The van der Waals surface area contributed by atoms with E-state index < -0.39 is 17.6 Å². The number of fused-ring (bicyclic) bond motifs is 3. The van der Waals surface area contributed by atoms with E-state index in [0.29, 0.717) is 35.6 Å². The van der Waals surface area contributed by atoms with Crippen LogP contribution in [0.25, 0.3) is 21.6 Å². The van der Waals surface area contributed by atoms with Crippen LogP contribution in [0.1, 0.15) is 46.4 Å². The molecule has 0 saturated heterocycles. The van der Waals surface area contributed by atoms with Crippen LogP contribution in [0.2, 0.25) is 0 Å². The Labute approximate surface area is 297 Å². The van der Waals surface area contributed by atoms with Gasteiger partial charge in [-0.1, -0.05) is 106 Å². The molecule has 50 heavy (non-hydrogen) atoms. The van der Waals surface area contributed by atoms with Gasteiger partial charge in [0.05, 0.1) is 12.6 Å². The predicted molar refractivity (Wildman–Crippen MR) is 195 cm³/mol.